The first-order chi connectivity index (χ1) is 14.2. The van der Waals surface area contributed by atoms with Crippen LogP contribution in [-0.2, 0) is 6.54 Å². The molecule has 1 heterocycles. The summed E-state index contributed by atoms with van der Waals surface area (Å²) in [5.41, 5.74) is 3.33. The van der Waals surface area contributed by atoms with Gasteiger partial charge in [-0.2, -0.15) is 0 Å². The standard InChI is InChI=1S/C23H31N5O.HI/c1-3-24-23(26-16-20(17-29)19-10-5-4-6-11-19)25-14-9-15-28-18(2)27-21-12-7-8-13-22(21)28;/h4-8,10-13,20,29H,3,9,14-17H2,1-2H3,(H2,24,25,26);1H. The van der Waals surface area contributed by atoms with Crippen molar-refractivity contribution < 1.29 is 5.11 Å². The number of imidazole rings is 1. The molecule has 3 rings (SSSR count). The monoisotopic (exact) mass is 521 g/mol. The molecule has 30 heavy (non-hydrogen) atoms. The summed E-state index contributed by atoms with van der Waals surface area (Å²) in [4.78, 5) is 9.30. The number of nitrogens with zero attached hydrogens (tertiary/aromatic N) is 3. The number of nitrogens with one attached hydrogen (secondary N) is 2. The summed E-state index contributed by atoms with van der Waals surface area (Å²) in [6.07, 6.45) is 0.966. The molecule has 7 heteroatoms. The molecule has 3 aromatic rings. The Balaban J connectivity index is 0.00000320. The van der Waals surface area contributed by atoms with E-state index in [2.05, 4.69) is 57.2 Å². The van der Waals surface area contributed by atoms with E-state index < -0.39 is 0 Å². The predicted molar refractivity (Wildman–Crippen MR) is 135 cm³/mol. The minimum absolute atomic E-state index is 0. The topological polar surface area (TPSA) is 74.5 Å². The van der Waals surface area contributed by atoms with Crippen LogP contribution >= 0.6 is 24.0 Å². The highest BCUT2D eigenvalue weighted by molar-refractivity contribution is 14.0. The number of aryl methyl sites for hydroxylation is 2. The third kappa shape index (κ3) is 6.43. The van der Waals surface area contributed by atoms with E-state index in [0.29, 0.717) is 6.54 Å². The van der Waals surface area contributed by atoms with Crippen molar-refractivity contribution in [2.75, 3.05) is 26.2 Å². The van der Waals surface area contributed by atoms with E-state index >= 15 is 0 Å². The molecule has 0 saturated carbocycles. The zero-order valence-corrected chi connectivity index (χ0v) is 20.0. The van der Waals surface area contributed by atoms with Crippen LogP contribution in [0.15, 0.2) is 59.6 Å². The first-order valence-electron chi connectivity index (χ1n) is 10.3. The van der Waals surface area contributed by atoms with Gasteiger partial charge in [0.15, 0.2) is 5.96 Å². The number of fused-ring (bicyclic) bond motifs is 1. The van der Waals surface area contributed by atoms with E-state index in [-0.39, 0.29) is 36.5 Å². The number of guanidine groups is 1. The van der Waals surface area contributed by atoms with Crippen LogP contribution in [-0.4, -0.2) is 46.9 Å². The van der Waals surface area contributed by atoms with E-state index in [0.717, 1.165) is 48.9 Å². The maximum absolute atomic E-state index is 9.74. The quantitative estimate of drug-likeness (QED) is 0.174. The average molecular weight is 521 g/mol. The highest BCUT2D eigenvalue weighted by Crippen LogP contribution is 2.16. The van der Waals surface area contributed by atoms with E-state index in [1.54, 1.807) is 0 Å². The third-order valence-corrected chi connectivity index (χ3v) is 5.00. The lowest BCUT2D eigenvalue weighted by Crippen LogP contribution is -2.38. The van der Waals surface area contributed by atoms with Gasteiger partial charge < -0.3 is 20.3 Å². The van der Waals surface area contributed by atoms with E-state index in [1.165, 1.54) is 5.52 Å². The SMILES string of the molecule is CCNC(=NCC(CO)c1ccccc1)NCCCn1c(C)nc2ccccc21.I. The van der Waals surface area contributed by atoms with Crippen molar-refractivity contribution in [1.29, 1.82) is 0 Å². The summed E-state index contributed by atoms with van der Waals surface area (Å²) in [7, 11) is 0. The Morgan fingerprint density at radius 2 is 1.83 bits per heavy atom. The number of aliphatic imine (C=N–C) groups is 1. The molecule has 0 bridgehead atoms. The van der Waals surface area contributed by atoms with Gasteiger partial charge in [0, 0.05) is 25.6 Å². The molecule has 0 saturated heterocycles. The smallest absolute Gasteiger partial charge is 0.191 e. The third-order valence-electron chi connectivity index (χ3n) is 5.00. The lowest BCUT2D eigenvalue weighted by atomic mass is 10.0. The Hall–Kier alpha value is -2.13. The van der Waals surface area contributed by atoms with Crippen LogP contribution in [0.2, 0.25) is 0 Å². The summed E-state index contributed by atoms with van der Waals surface area (Å²) in [6.45, 7) is 7.25. The van der Waals surface area contributed by atoms with Gasteiger partial charge in [0.1, 0.15) is 5.82 Å². The minimum Gasteiger partial charge on any atom is -0.396 e. The molecule has 0 aliphatic heterocycles. The van der Waals surface area contributed by atoms with Gasteiger partial charge >= 0.3 is 0 Å². The van der Waals surface area contributed by atoms with Crippen LogP contribution in [0.3, 0.4) is 0 Å². The highest BCUT2D eigenvalue weighted by atomic mass is 127. The Morgan fingerprint density at radius 3 is 2.57 bits per heavy atom. The van der Waals surface area contributed by atoms with Gasteiger partial charge in [-0.05, 0) is 38.0 Å². The summed E-state index contributed by atoms with van der Waals surface area (Å²) in [5.74, 6) is 1.83. The number of hydrogen-bond acceptors (Lipinski definition) is 3. The van der Waals surface area contributed by atoms with Gasteiger partial charge in [0.2, 0.25) is 0 Å². The molecule has 0 aliphatic rings. The maximum atomic E-state index is 9.74. The number of hydrogen-bond donors (Lipinski definition) is 3. The van der Waals surface area contributed by atoms with Gasteiger partial charge in [0.05, 0.1) is 24.2 Å². The molecule has 3 N–H and O–H groups in total. The number of benzene rings is 2. The number of aliphatic hydroxyl groups is 1. The van der Waals surface area contributed by atoms with Crippen LogP contribution < -0.4 is 10.6 Å². The van der Waals surface area contributed by atoms with E-state index in [4.69, 9.17) is 0 Å². The fourth-order valence-corrected chi connectivity index (χ4v) is 3.46. The summed E-state index contributed by atoms with van der Waals surface area (Å²) < 4.78 is 2.26. The molecule has 1 unspecified atom stereocenters. The summed E-state index contributed by atoms with van der Waals surface area (Å²) in [6, 6.07) is 18.3. The van der Waals surface area contributed by atoms with E-state index in [9.17, 15) is 5.11 Å². The molecule has 1 aromatic heterocycles. The molecule has 0 aliphatic carbocycles. The van der Waals surface area contributed by atoms with Crippen LogP contribution in [0.5, 0.6) is 0 Å². The highest BCUT2D eigenvalue weighted by Gasteiger charge is 2.10. The number of rotatable bonds is 9. The Morgan fingerprint density at radius 1 is 1.10 bits per heavy atom. The maximum Gasteiger partial charge on any atom is 0.191 e. The minimum atomic E-state index is 0. The molecule has 2 aromatic carbocycles. The molecule has 162 valence electrons. The zero-order valence-electron chi connectivity index (χ0n) is 17.7. The second-order valence-electron chi connectivity index (χ2n) is 7.09. The largest absolute Gasteiger partial charge is 0.396 e. The van der Waals surface area contributed by atoms with Crippen LogP contribution in [0, 0.1) is 6.92 Å². The van der Waals surface area contributed by atoms with Crippen LogP contribution in [0.25, 0.3) is 11.0 Å². The Bertz CT molecular complexity index is 926. The number of para-hydroxylation sites is 2. The van der Waals surface area contributed by atoms with Gasteiger partial charge in [-0.25, -0.2) is 4.98 Å². The summed E-state index contributed by atoms with van der Waals surface area (Å²) in [5, 5.41) is 16.4. The molecular weight excluding hydrogens is 489 g/mol. The van der Waals surface area contributed by atoms with E-state index in [1.807, 2.05) is 36.4 Å². The Labute approximate surface area is 195 Å². The normalized spacial score (nSPS) is 12.4. The molecule has 1 atom stereocenters. The molecule has 6 nitrogen and oxygen atoms in total. The molecular formula is C23H32IN5O. The fourth-order valence-electron chi connectivity index (χ4n) is 3.46. The number of halogens is 1. The first-order valence-corrected chi connectivity index (χ1v) is 10.3. The van der Waals surface area contributed by atoms with Gasteiger partial charge in [-0.3, -0.25) is 4.99 Å². The summed E-state index contributed by atoms with van der Waals surface area (Å²) >= 11 is 0. The Kier molecular flexibility index (Phi) is 10.1. The van der Waals surface area contributed by atoms with Crippen molar-refractivity contribution >= 4 is 41.0 Å². The predicted octanol–water partition coefficient (Wildman–Crippen LogP) is 3.68. The van der Waals surface area contributed by atoms with Crippen molar-refractivity contribution in [3.63, 3.8) is 0 Å². The second kappa shape index (κ2) is 12.5. The first kappa shape index (κ1) is 24.1. The lowest BCUT2D eigenvalue weighted by Gasteiger charge is -2.15. The van der Waals surface area contributed by atoms with Gasteiger partial charge in [-0.15, -0.1) is 24.0 Å². The average Bonchev–Trinajstić information content (AvgIpc) is 3.07. The number of aromatic nitrogens is 2. The van der Waals surface area contributed by atoms with Crippen molar-refractivity contribution in [2.45, 2.75) is 32.7 Å². The second-order valence-corrected chi connectivity index (χ2v) is 7.09. The molecule has 0 radical (unpaired) electrons. The molecule has 0 amide bonds. The number of aliphatic hydroxyl groups excluding tert-OH is 1. The van der Waals surface area contributed by atoms with Crippen molar-refractivity contribution in [1.82, 2.24) is 20.2 Å². The van der Waals surface area contributed by atoms with Crippen molar-refractivity contribution in [3.05, 3.63) is 66.0 Å². The zero-order chi connectivity index (χ0) is 20.5. The fraction of sp³-hybridized carbons (Fsp3) is 0.391. The lowest BCUT2D eigenvalue weighted by molar-refractivity contribution is 0.268. The van der Waals surface area contributed by atoms with Gasteiger partial charge in [-0.1, -0.05) is 42.5 Å². The molecule has 0 fully saturated rings. The van der Waals surface area contributed by atoms with Crippen molar-refractivity contribution in [2.24, 2.45) is 4.99 Å². The van der Waals surface area contributed by atoms with Crippen LogP contribution in [0.1, 0.15) is 30.7 Å². The van der Waals surface area contributed by atoms with Gasteiger partial charge in [0.25, 0.3) is 0 Å². The van der Waals surface area contributed by atoms with Crippen LogP contribution in [0.4, 0.5) is 0 Å². The molecule has 0 spiro atoms. The van der Waals surface area contributed by atoms with Crippen molar-refractivity contribution in [3.8, 4) is 0 Å².